The van der Waals surface area contributed by atoms with Gasteiger partial charge in [0.25, 0.3) is 11.5 Å². The van der Waals surface area contributed by atoms with E-state index < -0.39 is 170 Å². The number of carboxylic acid groups (broad SMARTS) is 5. The Labute approximate surface area is 497 Å². The van der Waals surface area contributed by atoms with Crippen LogP contribution < -0.4 is 43.6 Å². The molecule has 0 saturated heterocycles. The number of urea groups is 1. The van der Waals surface area contributed by atoms with Gasteiger partial charge in [-0.15, -0.1) is 12.3 Å². The molecule has 0 aliphatic carbocycles. The van der Waals surface area contributed by atoms with Gasteiger partial charge in [-0.05, 0) is 43.5 Å². The normalized spacial score (nSPS) is 12.2. The second-order valence-electron chi connectivity index (χ2n) is 16.6. The van der Waals surface area contributed by atoms with E-state index in [2.05, 4.69) is 52.4 Å². The van der Waals surface area contributed by atoms with Crippen molar-refractivity contribution in [1.82, 2.24) is 41.2 Å². The topological polar surface area (TPSA) is 490 Å². The van der Waals surface area contributed by atoms with Gasteiger partial charge in [-0.2, -0.15) is 86.0 Å². The summed E-state index contributed by atoms with van der Waals surface area (Å²) in [6.07, 6.45) is -1.31. The fourth-order valence-electron chi connectivity index (χ4n) is 7.10. The second-order valence-corrected chi connectivity index (χ2v) is 16.6. The summed E-state index contributed by atoms with van der Waals surface area (Å²) in [6.45, 7) is -0.0961. The van der Waals surface area contributed by atoms with Crippen molar-refractivity contribution in [3.8, 4) is 12.3 Å². The van der Waals surface area contributed by atoms with Gasteiger partial charge in [0.05, 0.1) is 67.5 Å². The van der Waals surface area contributed by atoms with E-state index >= 15 is 0 Å². The first-order valence-corrected chi connectivity index (χ1v) is 22.3. The molecule has 15 N–H and O–H groups in total. The van der Waals surface area contributed by atoms with Crippen LogP contribution in [-0.4, -0.2) is 141 Å². The molecular formula is C45H65N11O18S6. The average molecular weight is 1240 g/mol. The summed E-state index contributed by atoms with van der Waals surface area (Å²) in [6, 6.07) is -0.500. The molecule has 0 radical (unpaired) electrons. The van der Waals surface area contributed by atoms with Crippen LogP contribution >= 0.6 is 81.0 Å². The standard InChI is InChI=1S/C45H53N11O18.6H2S/c1-2-4-22(42(70)71)14-32(59)30(18-35(64)65)54-40(68)24(17-34(62)63)15-31(58)28(5-3-12-48-45(47)74)52-39(67)23(16-33(60)61)13-27(57)10-11-29(43(72)73)53-38(66)21-6-8-25(9-7-21)49-19-26-20-50-37-36(51-26)41(69)56-44(46)55-37;;;;;;/h1,6-9,20,22-24,28-30,49H,3-5,10-19H2,(H,52,67)(H,53,66)(H,54,68)(H,60,61)(H,62,63)(H,64,65)(H,70,71)(H,72,73)(H3,47,48,74)(H3,46,50,55,56,69);6*1H2/t22-,23+,24+,28+,29+,30+;;;;;;/m1....../s1. The quantitative estimate of drug-likeness (QED) is 0.0263. The number of fused-ring (bicyclic) bond motifs is 1. The van der Waals surface area contributed by atoms with Crippen LogP contribution in [0.3, 0.4) is 0 Å². The highest BCUT2D eigenvalue weighted by Gasteiger charge is 2.35. The monoisotopic (exact) mass is 1240 g/mol. The number of hydrogen-bond donors (Lipinski definition) is 13. The Bertz CT molecular complexity index is 2770. The summed E-state index contributed by atoms with van der Waals surface area (Å²) in [4.78, 5) is 177. The Morgan fingerprint density at radius 2 is 1.19 bits per heavy atom. The summed E-state index contributed by atoms with van der Waals surface area (Å²) >= 11 is 0. The molecule has 3 aromatic rings. The molecule has 2 aromatic heterocycles. The highest BCUT2D eigenvalue weighted by molar-refractivity contribution is 7.60. The van der Waals surface area contributed by atoms with Crippen LogP contribution in [0.4, 0.5) is 16.4 Å². The molecule has 29 nitrogen and oxygen atoms in total. The molecule has 0 aliphatic heterocycles. The zero-order valence-electron chi connectivity index (χ0n) is 42.2. The van der Waals surface area contributed by atoms with Crippen LogP contribution in [0.1, 0.15) is 86.7 Å². The first kappa shape index (κ1) is 79.2. The minimum Gasteiger partial charge on any atom is -0.481 e. The first-order chi connectivity index (χ1) is 34.9. The van der Waals surface area contributed by atoms with Gasteiger partial charge in [-0.25, -0.2) is 19.6 Å². The molecule has 0 spiro atoms. The van der Waals surface area contributed by atoms with E-state index in [0.29, 0.717) is 11.4 Å². The fraction of sp³-hybridized carbons (Fsp3) is 0.422. The number of anilines is 2. The number of aromatic nitrogens is 4. The molecule has 444 valence electrons. The zero-order valence-corrected chi connectivity index (χ0v) is 48.2. The van der Waals surface area contributed by atoms with Gasteiger partial charge in [0.1, 0.15) is 11.8 Å². The number of nitrogens with one attached hydrogen (secondary N) is 6. The number of aliphatic carboxylic acids is 5. The number of benzene rings is 1. The predicted octanol–water partition coefficient (Wildman–Crippen LogP) is -0.776. The molecule has 5 amide bonds. The lowest BCUT2D eigenvalue weighted by Gasteiger charge is -2.24. The number of hydrogen-bond acceptors (Lipinski definition) is 18. The van der Waals surface area contributed by atoms with Crippen molar-refractivity contribution in [2.24, 2.45) is 23.5 Å². The number of H-pyrrole nitrogens is 1. The first-order valence-electron chi connectivity index (χ1n) is 22.3. The largest absolute Gasteiger partial charge is 0.481 e. The van der Waals surface area contributed by atoms with E-state index in [0.717, 1.165) is 0 Å². The van der Waals surface area contributed by atoms with Crippen LogP contribution in [0.25, 0.3) is 11.2 Å². The SMILES string of the molecule is C#CC[C@H](CC(=O)[C@H](CC(=O)O)NC(=O)[C@H](CC(=O)O)CC(=O)[C@H](CCCNC(N)=O)NC(=O)[C@H](CC(=O)O)CC(=O)CC[C@H](NC(=O)c1ccc(NCc2cnc3nc(N)[nH]c(=O)c3n2)cc1)C(=O)O)C(=O)O.S.S.S.S.S.S. The van der Waals surface area contributed by atoms with E-state index in [1.54, 1.807) is 0 Å². The molecule has 0 bridgehead atoms. The van der Waals surface area contributed by atoms with Crippen molar-refractivity contribution < 1.29 is 83.1 Å². The van der Waals surface area contributed by atoms with Crippen LogP contribution in [0, 0.1) is 30.1 Å². The third kappa shape index (κ3) is 27.6. The molecule has 0 fully saturated rings. The number of nitrogens with zero attached hydrogens (tertiary/aromatic N) is 3. The van der Waals surface area contributed by atoms with E-state index in [1.165, 1.54) is 30.5 Å². The number of primary amides is 1. The van der Waals surface area contributed by atoms with Crippen LogP contribution in [0.5, 0.6) is 0 Å². The molecule has 1 aromatic carbocycles. The Morgan fingerprint density at radius 1 is 0.650 bits per heavy atom. The van der Waals surface area contributed by atoms with E-state index in [1.807, 2.05) is 0 Å². The predicted molar refractivity (Wildman–Crippen MR) is 314 cm³/mol. The minimum absolute atomic E-state index is 0. The van der Waals surface area contributed by atoms with Crippen molar-refractivity contribution in [3.63, 3.8) is 0 Å². The van der Waals surface area contributed by atoms with Crippen LogP contribution in [0.15, 0.2) is 35.3 Å². The highest BCUT2D eigenvalue weighted by Crippen LogP contribution is 2.20. The van der Waals surface area contributed by atoms with E-state index in [9.17, 15) is 87.9 Å². The van der Waals surface area contributed by atoms with Gasteiger partial charge in [-0.1, -0.05) is 0 Å². The highest BCUT2D eigenvalue weighted by atomic mass is 32.1. The van der Waals surface area contributed by atoms with E-state index in [-0.39, 0.29) is 130 Å². The number of terminal acetylenes is 1. The molecule has 80 heavy (non-hydrogen) atoms. The lowest BCUT2D eigenvalue weighted by Crippen LogP contribution is -2.48. The molecule has 0 saturated carbocycles. The molecule has 2 heterocycles. The van der Waals surface area contributed by atoms with Gasteiger partial charge in [-0.3, -0.25) is 57.7 Å². The number of amides is 5. The van der Waals surface area contributed by atoms with Gasteiger partial charge in [0.15, 0.2) is 22.7 Å². The second kappa shape index (κ2) is 39.2. The number of carboxylic acids is 5. The number of aromatic amines is 1. The maximum Gasteiger partial charge on any atom is 0.326 e. The fourth-order valence-corrected chi connectivity index (χ4v) is 7.10. The van der Waals surface area contributed by atoms with Crippen molar-refractivity contribution in [2.45, 2.75) is 95.3 Å². The van der Waals surface area contributed by atoms with Crippen molar-refractivity contribution >= 4 is 175 Å². The number of ketones is 3. The number of nitrogens with two attached hydrogens (primary N) is 2. The van der Waals surface area contributed by atoms with Crippen molar-refractivity contribution in [2.75, 3.05) is 17.6 Å². The molecular weight excluding hydrogens is 1170 g/mol. The smallest absolute Gasteiger partial charge is 0.326 e. The lowest BCUT2D eigenvalue weighted by atomic mass is 9.90. The van der Waals surface area contributed by atoms with Crippen LogP contribution in [-0.2, 0) is 54.5 Å². The molecule has 0 aliphatic rings. The Kier molecular flexibility index (Phi) is 38.8. The third-order valence-electron chi connectivity index (χ3n) is 10.8. The maximum atomic E-state index is 13.8. The van der Waals surface area contributed by atoms with Crippen molar-refractivity contribution in [3.05, 3.63) is 52.1 Å². The van der Waals surface area contributed by atoms with Gasteiger partial charge in [0.2, 0.25) is 17.8 Å². The molecule has 6 atom stereocenters. The summed E-state index contributed by atoms with van der Waals surface area (Å²) in [5.41, 5.74) is 10.9. The summed E-state index contributed by atoms with van der Waals surface area (Å²) in [5, 5.41) is 59.8. The minimum atomic E-state index is -1.90. The van der Waals surface area contributed by atoms with Gasteiger partial charge >= 0.3 is 35.9 Å². The summed E-state index contributed by atoms with van der Waals surface area (Å²) < 4.78 is 0. The average Bonchev–Trinajstić information content (AvgIpc) is 3.31. The van der Waals surface area contributed by atoms with Crippen molar-refractivity contribution in [1.29, 1.82) is 0 Å². The molecule has 35 heteroatoms. The summed E-state index contributed by atoms with van der Waals surface area (Å²) in [7, 11) is 0. The number of rotatable bonds is 33. The molecule has 0 unspecified atom stereocenters. The van der Waals surface area contributed by atoms with Crippen LogP contribution in [0.2, 0.25) is 0 Å². The summed E-state index contributed by atoms with van der Waals surface area (Å²) in [5.74, 6) is -17.3. The number of carbonyl (C=O) groups is 12. The maximum absolute atomic E-state index is 13.8. The Morgan fingerprint density at radius 3 is 1.71 bits per heavy atom. The number of carbonyl (C=O) groups excluding carboxylic acids is 7. The van der Waals surface area contributed by atoms with E-state index in [4.69, 9.17) is 17.9 Å². The van der Waals surface area contributed by atoms with Gasteiger partial charge in [0, 0.05) is 49.9 Å². The Hall–Kier alpha value is -7.26. The third-order valence-corrected chi connectivity index (χ3v) is 10.8. The zero-order chi connectivity index (χ0) is 55.2. The lowest BCUT2D eigenvalue weighted by molar-refractivity contribution is -0.146. The number of nitrogen functional groups attached to an aromatic ring is 1. The number of Topliss-reactive ketones (excluding diaryl/α,β-unsaturated/α-hetero) is 3. The van der Waals surface area contributed by atoms with Gasteiger partial charge < -0.3 is 63.6 Å². The Balaban J connectivity index is -0.00000481. The molecule has 3 rings (SSSR count).